The lowest BCUT2D eigenvalue weighted by molar-refractivity contribution is -0.140. The third kappa shape index (κ3) is 2.62. The minimum absolute atomic E-state index is 0.0684. The van der Waals surface area contributed by atoms with Crippen LogP contribution in [0, 0.1) is 11.8 Å². The Labute approximate surface area is 173 Å². The van der Waals surface area contributed by atoms with Gasteiger partial charge in [-0.3, -0.25) is 19.3 Å². The van der Waals surface area contributed by atoms with Gasteiger partial charge in [0.05, 0.1) is 22.8 Å². The summed E-state index contributed by atoms with van der Waals surface area (Å²) in [4.78, 5) is 44.2. The van der Waals surface area contributed by atoms with E-state index in [2.05, 4.69) is 0 Å². The lowest BCUT2D eigenvalue weighted by Crippen LogP contribution is -2.48. The molecule has 29 heavy (non-hydrogen) atoms. The van der Waals surface area contributed by atoms with Gasteiger partial charge >= 0.3 is 0 Å². The Morgan fingerprint density at radius 2 is 1.86 bits per heavy atom. The van der Waals surface area contributed by atoms with Crippen molar-refractivity contribution in [2.75, 3.05) is 11.4 Å². The van der Waals surface area contributed by atoms with Gasteiger partial charge in [-0.05, 0) is 29.5 Å². The van der Waals surface area contributed by atoms with Gasteiger partial charge in [-0.2, -0.15) is 0 Å². The summed E-state index contributed by atoms with van der Waals surface area (Å²) >= 11 is 1.39. The van der Waals surface area contributed by atoms with Crippen molar-refractivity contribution in [1.82, 2.24) is 4.90 Å². The maximum Gasteiger partial charge on any atom is 0.235 e. The maximum absolute atomic E-state index is 13.6. The number of benzene rings is 1. The minimum atomic E-state index is -0.655. The summed E-state index contributed by atoms with van der Waals surface area (Å²) in [6.45, 7) is 2.48. The lowest BCUT2D eigenvalue weighted by Gasteiger charge is -2.36. The van der Waals surface area contributed by atoms with E-state index in [9.17, 15) is 14.4 Å². The lowest BCUT2D eigenvalue weighted by atomic mass is 9.87. The Morgan fingerprint density at radius 3 is 2.62 bits per heavy atom. The molecule has 3 aliphatic heterocycles. The number of likely N-dealkylation sites (tertiary alicyclic amines) is 1. The van der Waals surface area contributed by atoms with Crippen LogP contribution in [0.4, 0.5) is 5.69 Å². The average Bonchev–Trinajstić information content (AvgIpc) is 3.44. The molecule has 1 aromatic carbocycles. The van der Waals surface area contributed by atoms with Crippen molar-refractivity contribution in [3.05, 3.63) is 58.3 Å². The van der Waals surface area contributed by atoms with Gasteiger partial charge < -0.3 is 4.90 Å². The molecular weight excluding hydrogens is 384 g/mol. The minimum Gasteiger partial charge on any atom is -0.352 e. The summed E-state index contributed by atoms with van der Waals surface area (Å²) in [5, 5.41) is 1.87. The van der Waals surface area contributed by atoms with Crippen LogP contribution >= 0.6 is 11.3 Å². The number of fused-ring (bicyclic) bond motifs is 5. The summed E-state index contributed by atoms with van der Waals surface area (Å²) in [6, 6.07) is 10.6. The molecule has 4 atom stereocenters. The molecule has 2 saturated heterocycles. The molecule has 2 amide bonds. The van der Waals surface area contributed by atoms with Crippen molar-refractivity contribution in [3.8, 4) is 0 Å². The van der Waals surface area contributed by atoms with E-state index < -0.39 is 17.9 Å². The number of imide groups is 1. The Morgan fingerprint density at radius 1 is 1.07 bits per heavy atom. The molecule has 4 heterocycles. The van der Waals surface area contributed by atoms with Crippen molar-refractivity contribution < 1.29 is 14.4 Å². The number of thiophene rings is 1. The largest absolute Gasteiger partial charge is 0.352 e. The molecule has 0 aliphatic carbocycles. The van der Waals surface area contributed by atoms with E-state index in [-0.39, 0.29) is 23.6 Å². The molecule has 6 heteroatoms. The molecule has 0 radical (unpaired) electrons. The first-order valence-corrected chi connectivity index (χ1v) is 11.0. The zero-order chi connectivity index (χ0) is 20.1. The SMILES string of the molecule is CCCCN1C(=O)[C@@H]2[C@H](C1=O)[C@@H](C(=O)c1cccs1)N1c3ccccc3C=C[C@@H]21. The topological polar surface area (TPSA) is 57.7 Å². The van der Waals surface area contributed by atoms with Crippen molar-refractivity contribution >= 4 is 40.7 Å². The molecular formula is C23H22N2O3S. The molecule has 2 aromatic rings. The zero-order valence-corrected chi connectivity index (χ0v) is 17.0. The highest BCUT2D eigenvalue weighted by molar-refractivity contribution is 7.12. The van der Waals surface area contributed by atoms with E-state index in [4.69, 9.17) is 0 Å². The van der Waals surface area contributed by atoms with E-state index in [0.29, 0.717) is 11.4 Å². The molecule has 148 valence electrons. The van der Waals surface area contributed by atoms with Gasteiger partial charge in [-0.25, -0.2) is 0 Å². The van der Waals surface area contributed by atoms with Crippen LogP contribution in [0.15, 0.2) is 47.9 Å². The summed E-state index contributed by atoms with van der Waals surface area (Å²) in [7, 11) is 0. The average molecular weight is 407 g/mol. The third-order valence-corrected chi connectivity index (χ3v) is 7.16. The molecule has 1 aromatic heterocycles. The number of carbonyl (C=O) groups is 3. The van der Waals surface area contributed by atoms with Crippen molar-refractivity contribution in [2.24, 2.45) is 11.8 Å². The molecule has 0 N–H and O–H groups in total. The fourth-order valence-electron chi connectivity index (χ4n) is 4.98. The number of ketones is 1. The Hall–Kier alpha value is -2.73. The highest BCUT2D eigenvalue weighted by atomic mass is 32.1. The Bertz CT molecular complexity index is 1010. The number of anilines is 1. The Balaban J connectivity index is 1.62. The van der Waals surface area contributed by atoms with Crippen molar-refractivity contribution in [3.63, 3.8) is 0 Å². The molecule has 5 nitrogen and oxygen atoms in total. The number of rotatable bonds is 5. The van der Waals surface area contributed by atoms with Crippen LogP contribution < -0.4 is 4.90 Å². The number of amides is 2. The molecule has 3 aliphatic rings. The molecule has 5 rings (SSSR count). The van der Waals surface area contributed by atoms with Crippen LogP contribution in [0.5, 0.6) is 0 Å². The predicted molar refractivity (Wildman–Crippen MR) is 113 cm³/mol. The first-order chi connectivity index (χ1) is 14.1. The highest BCUT2D eigenvalue weighted by Gasteiger charge is 2.63. The van der Waals surface area contributed by atoms with E-state index in [1.807, 2.05) is 59.7 Å². The second-order valence-electron chi connectivity index (χ2n) is 7.84. The quantitative estimate of drug-likeness (QED) is 0.562. The van der Waals surface area contributed by atoms with Crippen molar-refractivity contribution in [1.29, 1.82) is 0 Å². The van der Waals surface area contributed by atoms with Crippen LogP contribution in [0.2, 0.25) is 0 Å². The number of para-hydroxylation sites is 1. The second kappa shape index (κ2) is 6.95. The highest BCUT2D eigenvalue weighted by Crippen LogP contribution is 2.49. The molecule has 0 unspecified atom stereocenters. The van der Waals surface area contributed by atoms with Gasteiger partial charge in [0.25, 0.3) is 0 Å². The molecule has 0 saturated carbocycles. The van der Waals surface area contributed by atoms with Gasteiger partial charge in [-0.15, -0.1) is 11.3 Å². The normalized spacial score (nSPS) is 27.2. The van der Waals surface area contributed by atoms with Crippen LogP contribution in [0.25, 0.3) is 6.08 Å². The summed E-state index contributed by atoms with van der Waals surface area (Å²) < 4.78 is 0. The number of carbonyl (C=O) groups excluding carboxylic acids is 3. The van der Waals surface area contributed by atoms with Crippen LogP contribution in [-0.4, -0.2) is 41.1 Å². The van der Waals surface area contributed by atoms with Crippen LogP contribution in [-0.2, 0) is 9.59 Å². The zero-order valence-electron chi connectivity index (χ0n) is 16.2. The van der Waals surface area contributed by atoms with Crippen LogP contribution in [0.3, 0.4) is 0 Å². The van der Waals surface area contributed by atoms with E-state index in [0.717, 1.165) is 24.1 Å². The second-order valence-corrected chi connectivity index (χ2v) is 8.78. The fraction of sp³-hybridized carbons (Fsp3) is 0.348. The van der Waals surface area contributed by atoms with Gasteiger partial charge in [0.15, 0.2) is 5.78 Å². The van der Waals surface area contributed by atoms with E-state index >= 15 is 0 Å². The maximum atomic E-state index is 13.6. The predicted octanol–water partition coefficient (Wildman–Crippen LogP) is 3.62. The van der Waals surface area contributed by atoms with Gasteiger partial charge in [0.1, 0.15) is 6.04 Å². The monoisotopic (exact) mass is 406 g/mol. The smallest absolute Gasteiger partial charge is 0.235 e. The van der Waals surface area contributed by atoms with Gasteiger partial charge in [-0.1, -0.05) is 49.8 Å². The number of unbranched alkanes of at least 4 members (excludes halogenated alkanes) is 1. The summed E-state index contributed by atoms with van der Waals surface area (Å²) in [5.41, 5.74) is 1.93. The number of Topliss-reactive ketones (excluding diaryl/α,β-unsaturated/α-hetero) is 1. The standard InChI is InChI=1S/C23H22N2O3S/c1-2-3-12-24-22(27)18-16-11-10-14-7-4-5-8-15(14)25(16)20(19(18)23(24)28)21(26)17-9-6-13-29-17/h4-11,13,16,18-20H,2-3,12H2,1H3/t16-,18-,19-,20-/m0/s1. The summed E-state index contributed by atoms with van der Waals surface area (Å²) in [6.07, 6.45) is 5.70. The Kier molecular flexibility index (Phi) is 4.39. The van der Waals surface area contributed by atoms with E-state index in [1.165, 1.54) is 16.2 Å². The van der Waals surface area contributed by atoms with Gasteiger partial charge in [0, 0.05) is 12.2 Å². The van der Waals surface area contributed by atoms with Gasteiger partial charge in [0.2, 0.25) is 11.8 Å². The molecule has 0 bridgehead atoms. The van der Waals surface area contributed by atoms with Crippen LogP contribution in [0.1, 0.15) is 35.0 Å². The first kappa shape index (κ1) is 18.3. The number of hydrogen-bond donors (Lipinski definition) is 0. The molecule has 0 spiro atoms. The number of nitrogens with zero attached hydrogens (tertiary/aromatic N) is 2. The first-order valence-electron chi connectivity index (χ1n) is 10.1. The summed E-state index contributed by atoms with van der Waals surface area (Å²) in [5.74, 6) is -1.52. The third-order valence-electron chi connectivity index (χ3n) is 6.27. The van der Waals surface area contributed by atoms with Crippen molar-refractivity contribution in [2.45, 2.75) is 31.8 Å². The van der Waals surface area contributed by atoms with E-state index in [1.54, 1.807) is 6.07 Å². The number of hydrogen-bond acceptors (Lipinski definition) is 5. The molecule has 2 fully saturated rings. The fourth-order valence-corrected chi connectivity index (χ4v) is 5.67.